The van der Waals surface area contributed by atoms with Gasteiger partial charge in [0.25, 0.3) is 0 Å². The summed E-state index contributed by atoms with van der Waals surface area (Å²) in [5.74, 6) is 2.57. The van der Waals surface area contributed by atoms with E-state index < -0.39 is 0 Å². The second-order valence-electron chi connectivity index (χ2n) is 3.84. The van der Waals surface area contributed by atoms with Gasteiger partial charge in [-0.05, 0) is 5.92 Å². The van der Waals surface area contributed by atoms with E-state index in [2.05, 4.69) is 37.7 Å². The molecule has 0 fully saturated rings. The third-order valence-electron chi connectivity index (χ3n) is 2.06. The van der Waals surface area contributed by atoms with Gasteiger partial charge in [0.1, 0.15) is 5.84 Å². The molecular weight excluding hydrogens is 136 g/mol. The molecule has 0 saturated carbocycles. The Bertz CT molecular complexity index is 161. The lowest BCUT2D eigenvalue weighted by atomic mass is 10.1. The molecule has 11 heavy (non-hydrogen) atoms. The van der Waals surface area contributed by atoms with Crippen molar-refractivity contribution in [3.8, 4) is 0 Å². The van der Waals surface area contributed by atoms with Gasteiger partial charge in [-0.25, -0.2) is 0 Å². The molecule has 1 atom stereocenters. The Morgan fingerprint density at radius 1 is 1.55 bits per heavy atom. The van der Waals surface area contributed by atoms with Gasteiger partial charge in [0.15, 0.2) is 0 Å². The minimum atomic E-state index is 0.576. The molecule has 0 radical (unpaired) electrons. The highest BCUT2D eigenvalue weighted by Crippen LogP contribution is 2.11. The average molecular weight is 154 g/mol. The molecule has 0 N–H and O–H groups in total. The van der Waals surface area contributed by atoms with E-state index in [1.165, 1.54) is 5.84 Å². The third kappa shape index (κ3) is 1.95. The van der Waals surface area contributed by atoms with Crippen LogP contribution in [0.1, 0.15) is 20.8 Å². The van der Waals surface area contributed by atoms with E-state index in [1.807, 2.05) is 0 Å². The summed E-state index contributed by atoms with van der Waals surface area (Å²) in [5.41, 5.74) is 0. The van der Waals surface area contributed by atoms with Gasteiger partial charge in [-0.3, -0.25) is 4.99 Å². The largest absolute Gasteiger partial charge is 0.363 e. The summed E-state index contributed by atoms with van der Waals surface area (Å²) in [6, 6.07) is 0. The molecule has 1 aliphatic heterocycles. The minimum absolute atomic E-state index is 0.576. The highest BCUT2D eigenvalue weighted by molar-refractivity contribution is 5.84. The topological polar surface area (TPSA) is 15.6 Å². The van der Waals surface area contributed by atoms with Crippen molar-refractivity contribution in [3.63, 3.8) is 0 Å². The van der Waals surface area contributed by atoms with Crippen LogP contribution in [0.25, 0.3) is 0 Å². The molecule has 64 valence electrons. The molecule has 0 bridgehead atoms. The van der Waals surface area contributed by atoms with Crippen LogP contribution in [0.3, 0.4) is 0 Å². The molecule has 0 unspecified atom stereocenters. The molecule has 0 amide bonds. The average Bonchev–Trinajstić information content (AvgIpc) is 1.85. The van der Waals surface area contributed by atoms with Gasteiger partial charge in [0.2, 0.25) is 0 Å². The second kappa shape index (κ2) is 3.24. The van der Waals surface area contributed by atoms with E-state index in [0.717, 1.165) is 19.0 Å². The molecule has 2 heteroatoms. The first-order valence-electron chi connectivity index (χ1n) is 4.36. The van der Waals surface area contributed by atoms with E-state index in [9.17, 15) is 0 Å². The first-order valence-corrected chi connectivity index (χ1v) is 4.36. The summed E-state index contributed by atoms with van der Waals surface area (Å²) < 4.78 is 0. The van der Waals surface area contributed by atoms with Crippen molar-refractivity contribution < 1.29 is 0 Å². The molecule has 0 aromatic carbocycles. The Morgan fingerprint density at radius 2 is 2.18 bits per heavy atom. The van der Waals surface area contributed by atoms with Gasteiger partial charge in [0, 0.05) is 26.1 Å². The fourth-order valence-electron chi connectivity index (χ4n) is 1.61. The lowest BCUT2D eigenvalue weighted by Gasteiger charge is -2.31. The number of amidine groups is 1. The highest BCUT2D eigenvalue weighted by Gasteiger charge is 2.17. The summed E-state index contributed by atoms with van der Waals surface area (Å²) >= 11 is 0. The summed E-state index contributed by atoms with van der Waals surface area (Å²) in [6.07, 6.45) is 0. The Balaban J connectivity index is 2.65. The zero-order valence-corrected chi connectivity index (χ0v) is 7.96. The number of nitrogens with zero attached hydrogens (tertiary/aromatic N) is 2. The van der Waals surface area contributed by atoms with Gasteiger partial charge >= 0.3 is 0 Å². The van der Waals surface area contributed by atoms with Crippen LogP contribution in [0.4, 0.5) is 0 Å². The summed E-state index contributed by atoms with van der Waals surface area (Å²) in [6.45, 7) is 8.82. The molecule has 0 aromatic heterocycles. The SMILES string of the molecule is CC(C)C1=NC[C@H](C)CN1C. The maximum absolute atomic E-state index is 4.53. The molecule has 0 spiro atoms. The number of hydrogen-bond donors (Lipinski definition) is 0. The lowest BCUT2D eigenvalue weighted by Crippen LogP contribution is -2.39. The quantitative estimate of drug-likeness (QED) is 0.560. The number of hydrogen-bond acceptors (Lipinski definition) is 2. The zero-order chi connectivity index (χ0) is 8.43. The molecule has 0 aromatic rings. The fourth-order valence-corrected chi connectivity index (χ4v) is 1.61. The summed E-state index contributed by atoms with van der Waals surface area (Å²) in [7, 11) is 2.13. The van der Waals surface area contributed by atoms with E-state index in [-0.39, 0.29) is 0 Å². The van der Waals surface area contributed by atoms with Crippen molar-refractivity contribution in [1.82, 2.24) is 4.90 Å². The van der Waals surface area contributed by atoms with E-state index in [1.54, 1.807) is 0 Å². The molecule has 2 nitrogen and oxygen atoms in total. The normalized spacial score (nSPS) is 25.7. The molecule has 1 rings (SSSR count). The van der Waals surface area contributed by atoms with Gasteiger partial charge in [-0.1, -0.05) is 20.8 Å². The molecule has 0 aliphatic carbocycles. The van der Waals surface area contributed by atoms with Gasteiger partial charge < -0.3 is 4.90 Å². The third-order valence-corrected chi connectivity index (χ3v) is 2.06. The van der Waals surface area contributed by atoms with E-state index in [0.29, 0.717) is 5.92 Å². The Hall–Kier alpha value is -0.530. The number of aliphatic imine (C=N–C) groups is 1. The Morgan fingerprint density at radius 3 is 2.64 bits per heavy atom. The van der Waals surface area contributed by atoms with Crippen molar-refractivity contribution >= 4 is 5.84 Å². The van der Waals surface area contributed by atoms with Crippen molar-refractivity contribution in [3.05, 3.63) is 0 Å². The van der Waals surface area contributed by atoms with Crippen molar-refractivity contribution in [2.24, 2.45) is 16.8 Å². The van der Waals surface area contributed by atoms with Crippen LogP contribution in [-0.2, 0) is 0 Å². The lowest BCUT2D eigenvalue weighted by molar-refractivity contribution is 0.368. The summed E-state index contributed by atoms with van der Waals surface area (Å²) in [5, 5.41) is 0. The molecule has 1 aliphatic rings. The predicted molar refractivity (Wildman–Crippen MR) is 48.9 cm³/mol. The van der Waals surface area contributed by atoms with Gasteiger partial charge in [-0.15, -0.1) is 0 Å². The summed E-state index contributed by atoms with van der Waals surface area (Å²) in [4.78, 5) is 6.81. The van der Waals surface area contributed by atoms with Crippen molar-refractivity contribution in [1.29, 1.82) is 0 Å². The highest BCUT2D eigenvalue weighted by atomic mass is 15.2. The minimum Gasteiger partial charge on any atom is -0.363 e. The monoisotopic (exact) mass is 154 g/mol. The van der Waals surface area contributed by atoms with Gasteiger partial charge in [0.05, 0.1) is 0 Å². The smallest absolute Gasteiger partial charge is 0.101 e. The van der Waals surface area contributed by atoms with Gasteiger partial charge in [-0.2, -0.15) is 0 Å². The van der Waals surface area contributed by atoms with Crippen LogP contribution in [0.2, 0.25) is 0 Å². The zero-order valence-electron chi connectivity index (χ0n) is 7.96. The number of rotatable bonds is 1. The first kappa shape index (κ1) is 8.57. The van der Waals surface area contributed by atoms with Crippen molar-refractivity contribution in [2.75, 3.05) is 20.1 Å². The fraction of sp³-hybridized carbons (Fsp3) is 0.889. The predicted octanol–water partition coefficient (Wildman–Crippen LogP) is 1.62. The van der Waals surface area contributed by atoms with Crippen LogP contribution < -0.4 is 0 Å². The van der Waals surface area contributed by atoms with Crippen LogP contribution in [-0.4, -0.2) is 30.9 Å². The maximum atomic E-state index is 4.53. The molecule has 0 saturated heterocycles. The maximum Gasteiger partial charge on any atom is 0.101 e. The molecular formula is C9H18N2. The van der Waals surface area contributed by atoms with Crippen LogP contribution in [0.15, 0.2) is 4.99 Å². The van der Waals surface area contributed by atoms with Crippen LogP contribution in [0.5, 0.6) is 0 Å². The Labute approximate surface area is 69.3 Å². The van der Waals surface area contributed by atoms with E-state index >= 15 is 0 Å². The van der Waals surface area contributed by atoms with Crippen LogP contribution >= 0.6 is 0 Å². The first-order chi connectivity index (χ1) is 5.11. The second-order valence-corrected chi connectivity index (χ2v) is 3.84. The van der Waals surface area contributed by atoms with Crippen molar-refractivity contribution in [2.45, 2.75) is 20.8 Å². The molecule has 1 heterocycles. The Kier molecular flexibility index (Phi) is 2.53. The standard InChI is InChI=1S/C9H18N2/c1-7(2)9-10-5-8(3)6-11(9)4/h7-8H,5-6H2,1-4H3/t8-/m0/s1. The van der Waals surface area contributed by atoms with Crippen LogP contribution in [0, 0.1) is 11.8 Å². The van der Waals surface area contributed by atoms with E-state index in [4.69, 9.17) is 0 Å².